The maximum atomic E-state index is 13.3. The number of benzene rings is 2. The van der Waals surface area contributed by atoms with Crippen molar-refractivity contribution in [2.45, 2.75) is 30.4 Å². The van der Waals surface area contributed by atoms with Crippen molar-refractivity contribution in [3.8, 4) is 5.75 Å². The van der Waals surface area contributed by atoms with Gasteiger partial charge in [0, 0.05) is 38.0 Å². The van der Waals surface area contributed by atoms with E-state index in [0.29, 0.717) is 50.4 Å². The smallest absolute Gasteiger partial charge is 0.253 e. The van der Waals surface area contributed by atoms with Gasteiger partial charge >= 0.3 is 0 Å². The van der Waals surface area contributed by atoms with Crippen molar-refractivity contribution in [1.29, 1.82) is 0 Å². The molecule has 0 radical (unpaired) electrons. The Hall–Kier alpha value is -2.42. The van der Waals surface area contributed by atoms with Crippen LogP contribution in [0.3, 0.4) is 0 Å². The Morgan fingerprint density at radius 3 is 2.40 bits per heavy atom. The van der Waals surface area contributed by atoms with Crippen LogP contribution in [0.1, 0.15) is 28.8 Å². The van der Waals surface area contributed by atoms with Crippen LogP contribution in [0.5, 0.6) is 5.75 Å². The fraction of sp³-hybridized carbons (Fsp3) is 0.409. The molecule has 30 heavy (non-hydrogen) atoms. The number of hydrogen-bond acceptors (Lipinski definition) is 5. The maximum Gasteiger partial charge on any atom is 0.253 e. The average molecular weight is 431 g/mol. The molecule has 0 saturated carbocycles. The third kappa shape index (κ3) is 3.71. The van der Waals surface area contributed by atoms with Crippen molar-refractivity contribution in [3.63, 3.8) is 0 Å². The molecule has 2 aromatic rings. The molecule has 0 atom stereocenters. The van der Waals surface area contributed by atoms with Crippen LogP contribution in [0.15, 0.2) is 53.4 Å². The summed E-state index contributed by atoms with van der Waals surface area (Å²) in [7, 11) is -2.18. The average Bonchev–Trinajstić information content (AvgIpc) is 3.17. The summed E-state index contributed by atoms with van der Waals surface area (Å²) in [6, 6.07) is 13.9. The molecule has 4 rings (SSSR count). The molecule has 0 aliphatic carbocycles. The van der Waals surface area contributed by atoms with Gasteiger partial charge in [0.2, 0.25) is 10.0 Å². The van der Waals surface area contributed by atoms with E-state index in [2.05, 4.69) is 0 Å². The van der Waals surface area contributed by atoms with E-state index in [-0.39, 0.29) is 10.8 Å². The summed E-state index contributed by atoms with van der Waals surface area (Å²) in [6.07, 6.45) is 0.889. The van der Waals surface area contributed by atoms with E-state index >= 15 is 0 Å². The van der Waals surface area contributed by atoms with Gasteiger partial charge in [0.25, 0.3) is 5.91 Å². The van der Waals surface area contributed by atoms with Crippen LogP contribution in [0.25, 0.3) is 0 Å². The Morgan fingerprint density at radius 1 is 1.07 bits per heavy atom. The highest BCUT2D eigenvalue weighted by atomic mass is 32.2. The van der Waals surface area contributed by atoms with Gasteiger partial charge in [-0.1, -0.05) is 17.7 Å². The topological polar surface area (TPSA) is 76.2 Å². The van der Waals surface area contributed by atoms with E-state index in [1.807, 2.05) is 31.2 Å². The number of ether oxygens (including phenoxy) is 2. The van der Waals surface area contributed by atoms with Crippen LogP contribution in [0.4, 0.5) is 0 Å². The molecule has 7 nitrogen and oxygen atoms in total. The molecule has 2 aliphatic heterocycles. The Kier molecular flexibility index (Phi) is 5.57. The zero-order valence-corrected chi connectivity index (χ0v) is 18.0. The van der Waals surface area contributed by atoms with E-state index < -0.39 is 15.7 Å². The molecule has 1 amide bonds. The summed E-state index contributed by atoms with van der Waals surface area (Å²) in [5.41, 5.74) is 0.786. The van der Waals surface area contributed by atoms with Crippen LogP contribution in [-0.2, 0) is 14.8 Å². The molecule has 0 aromatic heterocycles. The Bertz CT molecular complexity index is 1030. The van der Waals surface area contributed by atoms with E-state index in [1.54, 1.807) is 36.3 Å². The van der Waals surface area contributed by atoms with Crippen molar-refractivity contribution in [3.05, 3.63) is 59.7 Å². The number of amides is 1. The number of aryl methyl sites for hydroxylation is 1. The van der Waals surface area contributed by atoms with E-state index in [1.165, 1.54) is 4.31 Å². The highest BCUT2D eigenvalue weighted by Crippen LogP contribution is 2.38. The van der Waals surface area contributed by atoms with E-state index in [0.717, 1.165) is 5.56 Å². The first kappa shape index (κ1) is 20.8. The lowest BCUT2D eigenvalue weighted by Gasteiger charge is -2.42. The quantitative estimate of drug-likeness (QED) is 0.745. The molecule has 2 saturated heterocycles. The summed E-state index contributed by atoms with van der Waals surface area (Å²) >= 11 is 0. The lowest BCUT2D eigenvalue weighted by Crippen LogP contribution is -2.55. The number of nitrogens with zero attached hydrogens (tertiary/aromatic N) is 2. The first-order valence-electron chi connectivity index (χ1n) is 10.0. The highest BCUT2D eigenvalue weighted by molar-refractivity contribution is 7.89. The lowest BCUT2D eigenvalue weighted by atomic mass is 9.99. The molecule has 2 aromatic carbocycles. The van der Waals surface area contributed by atoms with Crippen LogP contribution in [-0.4, -0.2) is 62.6 Å². The van der Waals surface area contributed by atoms with Crippen molar-refractivity contribution >= 4 is 15.9 Å². The predicted octanol–water partition coefficient (Wildman–Crippen LogP) is 2.66. The van der Waals surface area contributed by atoms with Crippen molar-refractivity contribution in [1.82, 2.24) is 9.21 Å². The molecule has 0 bridgehead atoms. The fourth-order valence-electron chi connectivity index (χ4n) is 4.22. The van der Waals surface area contributed by atoms with Crippen LogP contribution in [0.2, 0.25) is 0 Å². The number of hydrogen-bond donors (Lipinski definition) is 0. The number of likely N-dealkylation sites (tertiary alicyclic amines) is 1. The van der Waals surface area contributed by atoms with Gasteiger partial charge < -0.3 is 14.4 Å². The van der Waals surface area contributed by atoms with Gasteiger partial charge in [0.05, 0.1) is 18.6 Å². The zero-order valence-electron chi connectivity index (χ0n) is 17.2. The van der Waals surface area contributed by atoms with Crippen LogP contribution in [0, 0.1) is 6.92 Å². The Balaban J connectivity index is 1.51. The van der Waals surface area contributed by atoms with Crippen molar-refractivity contribution < 1.29 is 22.7 Å². The summed E-state index contributed by atoms with van der Waals surface area (Å²) in [6.45, 7) is 3.50. The first-order chi connectivity index (χ1) is 14.4. The number of carbonyl (C=O) groups excluding carboxylic acids is 1. The number of piperidine rings is 1. The van der Waals surface area contributed by atoms with Gasteiger partial charge in [-0.3, -0.25) is 4.79 Å². The molecule has 0 unspecified atom stereocenters. The summed E-state index contributed by atoms with van der Waals surface area (Å²) in [5, 5.41) is 0. The fourth-order valence-corrected chi connectivity index (χ4v) is 5.94. The predicted molar refractivity (Wildman–Crippen MR) is 112 cm³/mol. The van der Waals surface area contributed by atoms with Gasteiger partial charge in [-0.05, 0) is 43.3 Å². The molecule has 2 heterocycles. The number of methoxy groups -OCH3 is 1. The van der Waals surface area contributed by atoms with Gasteiger partial charge in [-0.2, -0.15) is 4.31 Å². The molecular formula is C22H26N2O5S. The van der Waals surface area contributed by atoms with E-state index in [4.69, 9.17) is 9.47 Å². The standard InChI is InChI=1S/C22H26N2O5S/c1-17-4-3-5-18(16-17)21(25)23-12-10-22(11-13-23)24(14-15-29-22)30(26,27)20-8-6-19(28-2)7-9-20/h3-9,16H,10-15H2,1-2H3. The SMILES string of the molecule is COc1ccc(S(=O)(=O)N2CCOC23CCN(C(=O)c2cccc(C)c2)CC3)cc1. The minimum Gasteiger partial charge on any atom is -0.497 e. The second kappa shape index (κ2) is 8.02. The second-order valence-corrected chi connectivity index (χ2v) is 9.57. The number of rotatable bonds is 4. The molecule has 0 N–H and O–H groups in total. The molecule has 8 heteroatoms. The lowest BCUT2D eigenvalue weighted by molar-refractivity contribution is -0.0857. The molecular weight excluding hydrogens is 404 g/mol. The summed E-state index contributed by atoms with van der Waals surface area (Å²) in [5.74, 6) is 0.570. The monoisotopic (exact) mass is 430 g/mol. The molecule has 160 valence electrons. The molecule has 2 aliphatic rings. The minimum absolute atomic E-state index is 0.0314. The van der Waals surface area contributed by atoms with Gasteiger partial charge in [-0.15, -0.1) is 0 Å². The third-order valence-corrected chi connectivity index (χ3v) is 7.83. The van der Waals surface area contributed by atoms with Crippen LogP contribution >= 0.6 is 0 Å². The van der Waals surface area contributed by atoms with Gasteiger partial charge in [-0.25, -0.2) is 8.42 Å². The molecule has 2 fully saturated rings. The highest BCUT2D eigenvalue weighted by Gasteiger charge is 2.51. The summed E-state index contributed by atoms with van der Waals surface area (Å²) in [4.78, 5) is 14.8. The summed E-state index contributed by atoms with van der Waals surface area (Å²) < 4.78 is 39.2. The van der Waals surface area contributed by atoms with Gasteiger partial charge in [0.1, 0.15) is 11.5 Å². The maximum absolute atomic E-state index is 13.3. The second-order valence-electron chi connectivity index (χ2n) is 7.71. The largest absolute Gasteiger partial charge is 0.497 e. The first-order valence-corrected chi connectivity index (χ1v) is 11.5. The Labute approximate surface area is 177 Å². The zero-order chi connectivity index (χ0) is 21.4. The van der Waals surface area contributed by atoms with Crippen molar-refractivity contribution in [2.24, 2.45) is 0 Å². The van der Waals surface area contributed by atoms with Gasteiger partial charge in [0.15, 0.2) is 0 Å². The van der Waals surface area contributed by atoms with E-state index in [9.17, 15) is 13.2 Å². The van der Waals surface area contributed by atoms with Crippen LogP contribution < -0.4 is 4.74 Å². The Morgan fingerprint density at radius 2 is 1.77 bits per heavy atom. The number of sulfonamides is 1. The number of carbonyl (C=O) groups is 1. The molecule has 1 spiro atoms. The van der Waals surface area contributed by atoms with Crippen molar-refractivity contribution in [2.75, 3.05) is 33.4 Å². The normalized spacial score (nSPS) is 19.2. The minimum atomic E-state index is -3.72. The third-order valence-electron chi connectivity index (χ3n) is 5.86.